The quantitative estimate of drug-likeness (QED) is 0.218. The van der Waals surface area contributed by atoms with Gasteiger partial charge in [-0.1, -0.05) is 58.5 Å². The van der Waals surface area contributed by atoms with E-state index in [1.807, 2.05) is 19.1 Å². The summed E-state index contributed by atoms with van der Waals surface area (Å²) in [6.45, 7) is 1.93. The van der Waals surface area contributed by atoms with Crippen molar-refractivity contribution in [3.05, 3.63) is 64.6 Å². The van der Waals surface area contributed by atoms with E-state index in [0.717, 1.165) is 9.13 Å². The number of hydrogen-bond acceptors (Lipinski definition) is 1. The zero-order valence-corrected chi connectivity index (χ0v) is 15.3. The van der Waals surface area contributed by atoms with Crippen LogP contribution < -0.4 is 0 Å². The van der Waals surface area contributed by atoms with Crippen molar-refractivity contribution in [2.45, 2.75) is 6.92 Å². The minimum atomic E-state index is -0.272. The monoisotopic (exact) mass is 458 g/mol. The van der Waals surface area contributed by atoms with E-state index in [4.69, 9.17) is 46.4 Å². The van der Waals surface area contributed by atoms with Crippen LogP contribution in [0.3, 0.4) is 0 Å². The summed E-state index contributed by atoms with van der Waals surface area (Å²) in [7, 11) is 0. The summed E-state index contributed by atoms with van der Waals surface area (Å²) in [4.78, 5) is 12.6. The Balaban J connectivity index is 2.66. The molecule has 0 saturated carbocycles. The number of ketones is 1. The van der Waals surface area contributed by atoms with Crippen molar-refractivity contribution in [3.63, 3.8) is 0 Å². The predicted molar refractivity (Wildman–Crippen MR) is 93.8 cm³/mol. The van der Waals surface area contributed by atoms with E-state index in [1.165, 1.54) is 6.07 Å². The fourth-order valence-electron chi connectivity index (χ4n) is 1.73. The highest BCUT2D eigenvalue weighted by atomic mass is 127. The second-order valence-electron chi connectivity index (χ2n) is 4.11. The topological polar surface area (TPSA) is 17.1 Å². The summed E-state index contributed by atoms with van der Waals surface area (Å²) in [6.07, 6.45) is 0. The van der Waals surface area contributed by atoms with Crippen LogP contribution in [0.2, 0.25) is 20.1 Å². The van der Waals surface area contributed by atoms with Crippen molar-refractivity contribution < 1.29 is 4.79 Å². The minimum absolute atomic E-state index is 0.0754. The molecule has 0 atom stereocenters. The van der Waals surface area contributed by atoms with Crippen LogP contribution in [0, 0.1) is 10.5 Å². The van der Waals surface area contributed by atoms with E-state index in [0.29, 0.717) is 5.56 Å². The first-order valence-corrected chi connectivity index (χ1v) is 8.06. The van der Waals surface area contributed by atoms with Crippen LogP contribution in [0.15, 0.2) is 24.3 Å². The molecule has 0 unspecified atom stereocenters. The Morgan fingerprint density at radius 1 is 1.05 bits per heavy atom. The molecule has 0 bridgehead atoms. The van der Waals surface area contributed by atoms with Gasteiger partial charge in [-0.05, 0) is 47.2 Å². The van der Waals surface area contributed by atoms with E-state index < -0.39 is 0 Å². The number of carbonyl (C=O) groups excluding carboxylic acids is 1. The predicted octanol–water partition coefficient (Wildman–Crippen LogP) is 6.44. The highest BCUT2D eigenvalue weighted by molar-refractivity contribution is 14.1. The Bertz CT molecular complexity index is 713. The maximum Gasteiger partial charge on any atom is 0.197 e. The van der Waals surface area contributed by atoms with Gasteiger partial charge in [-0.3, -0.25) is 4.79 Å². The number of rotatable bonds is 2. The summed E-state index contributed by atoms with van der Waals surface area (Å²) in [5.41, 5.74) is 1.71. The Morgan fingerprint density at radius 2 is 1.70 bits per heavy atom. The van der Waals surface area contributed by atoms with Crippen molar-refractivity contribution in [3.8, 4) is 0 Å². The van der Waals surface area contributed by atoms with Crippen LogP contribution >= 0.6 is 69.0 Å². The van der Waals surface area contributed by atoms with Gasteiger partial charge in [-0.25, -0.2) is 0 Å². The third-order valence-electron chi connectivity index (χ3n) is 2.78. The normalized spacial score (nSPS) is 10.7. The Kier molecular flexibility index (Phi) is 5.24. The molecule has 0 amide bonds. The molecule has 2 rings (SSSR count). The van der Waals surface area contributed by atoms with E-state index in [2.05, 4.69) is 22.6 Å². The lowest BCUT2D eigenvalue weighted by molar-refractivity contribution is 0.103. The molecule has 0 saturated heterocycles. The number of carbonyl (C=O) groups is 1. The molecule has 2 aromatic carbocycles. The molecule has 6 heteroatoms. The maximum absolute atomic E-state index is 12.6. The number of halogens is 5. The van der Waals surface area contributed by atoms with Gasteiger partial charge in [-0.15, -0.1) is 0 Å². The lowest BCUT2D eigenvalue weighted by atomic mass is 10.0. The Hall–Kier alpha value is 0.000000000000000555. The lowest BCUT2D eigenvalue weighted by Gasteiger charge is -2.11. The van der Waals surface area contributed by atoms with E-state index in [9.17, 15) is 4.79 Å². The summed E-state index contributed by atoms with van der Waals surface area (Å²) < 4.78 is 0.855. The van der Waals surface area contributed by atoms with Gasteiger partial charge < -0.3 is 0 Å². The number of aryl methyl sites for hydroxylation is 1. The molecular formula is C14H7Cl4IO. The zero-order chi connectivity index (χ0) is 15.0. The van der Waals surface area contributed by atoms with Crippen molar-refractivity contribution >= 4 is 74.8 Å². The zero-order valence-electron chi connectivity index (χ0n) is 10.1. The molecule has 1 nitrogen and oxygen atoms in total. The summed E-state index contributed by atoms with van der Waals surface area (Å²) >= 11 is 26.2. The summed E-state index contributed by atoms with van der Waals surface area (Å²) in [6, 6.07) is 6.89. The van der Waals surface area contributed by atoms with Gasteiger partial charge in [-0.2, -0.15) is 0 Å². The molecular weight excluding hydrogens is 453 g/mol. The summed E-state index contributed by atoms with van der Waals surface area (Å²) in [5, 5.41) is 0.610. The molecule has 0 radical (unpaired) electrons. The van der Waals surface area contributed by atoms with E-state index >= 15 is 0 Å². The second-order valence-corrected chi connectivity index (χ2v) is 6.76. The molecule has 0 aliphatic carbocycles. The van der Waals surface area contributed by atoms with Crippen LogP contribution in [0.1, 0.15) is 21.5 Å². The number of hydrogen-bond donors (Lipinski definition) is 0. The fourth-order valence-corrected chi connectivity index (χ4v) is 3.42. The van der Waals surface area contributed by atoms with Crippen molar-refractivity contribution in [1.29, 1.82) is 0 Å². The number of benzene rings is 2. The molecule has 20 heavy (non-hydrogen) atoms. The Morgan fingerprint density at radius 3 is 2.35 bits per heavy atom. The van der Waals surface area contributed by atoms with Gasteiger partial charge in [0.2, 0.25) is 0 Å². The first-order valence-electron chi connectivity index (χ1n) is 5.47. The van der Waals surface area contributed by atoms with Crippen LogP contribution in [0.4, 0.5) is 0 Å². The molecule has 0 heterocycles. The van der Waals surface area contributed by atoms with Gasteiger partial charge in [0.05, 0.1) is 25.7 Å². The van der Waals surface area contributed by atoms with E-state index in [-0.39, 0.29) is 31.4 Å². The molecule has 0 aliphatic rings. The standard InChI is InChI=1S/C14H7Cl4IO/c1-6-3-2-4-7(13(6)19)14(20)10-8(15)5-9(16)11(17)12(10)18/h2-5H,1H3. The highest BCUT2D eigenvalue weighted by Crippen LogP contribution is 2.38. The molecule has 2 aromatic rings. The molecule has 0 aromatic heterocycles. The van der Waals surface area contributed by atoms with Crippen molar-refractivity contribution in [2.24, 2.45) is 0 Å². The largest absolute Gasteiger partial charge is 0.288 e. The van der Waals surface area contributed by atoms with Crippen LogP contribution in [-0.2, 0) is 0 Å². The first kappa shape index (κ1) is 16.4. The average Bonchev–Trinajstić information content (AvgIpc) is 2.39. The van der Waals surface area contributed by atoms with Gasteiger partial charge in [0.25, 0.3) is 0 Å². The highest BCUT2D eigenvalue weighted by Gasteiger charge is 2.22. The second kappa shape index (κ2) is 6.41. The van der Waals surface area contributed by atoms with Gasteiger partial charge in [0, 0.05) is 9.13 Å². The average molecular weight is 460 g/mol. The van der Waals surface area contributed by atoms with Crippen molar-refractivity contribution in [2.75, 3.05) is 0 Å². The molecule has 0 spiro atoms. The lowest BCUT2D eigenvalue weighted by Crippen LogP contribution is -2.07. The van der Waals surface area contributed by atoms with Gasteiger partial charge in [0.1, 0.15) is 0 Å². The van der Waals surface area contributed by atoms with Crippen LogP contribution in [-0.4, -0.2) is 5.78 Å². The molecule has 0 fully saturated rings. The minimum Gasteiger partial charge on any atom is -0.288 e. The smallest absolute Gasteiger partial charge is 0.197 e. The van der Waals surface area contributed by atoms with Crippen LogP contribution in [0.25, 0.3) is 0 Å². The fraction of sp³-hybridized carbons (Fsp3) is 0.0714. The third-order valence-corrected chi connectivity index (χ3v) is 5.77. The Labute approximate surface area is 150 Å². The van der Waals surface area contributed by atoms with Gasteiger partial charge in [0.15, 0.2) is 5.78 Å². The first-order chi connectivity index (χ1) is 9.34. The summed E-state index contributed by atoms with van der Waals surface area (Å²) in [5.74, 6) is -0.272. The molecule has 0 N–H and O–H groups in total. The molecule has 0 aliphatic heterocycles. The van der Waals surface area contributed by atoms with Gasteiger partial charge >= 0.3 is 0 Å². The van der Waals surface area contributed by atoms with Crippen LogP contribution in [0.5, 0.6) is 0 Å². The van der Waals surface area contributed by atoms with E-state index in [1.54, 1.807) is 6.07 Å². The third kappa shape index (κ3) is 2.95. The SMILES string of the molecule is Cc1cccc(C(=O)c2c(Cl)cc(Cl)c(Cl)c2Cl)c1I. The van der Waals surface area contributed by atoms with Crippen molar-refractivity contribution in [1.82, 2.24) is 0 Å². The maximum atomic E-state index is 12.6. The molecule has 104 valence electrons.